The zero-order valence-corrected chi connectivity index (χ0v) is 11.5. The van der Waals surface area contributed by atoms with E-state index in [1.807, 2.05) is 6.92 Å². The van der Waals surface area contributed by atoms with Crippen LogP contribution in [-0.2, 0) is 19.4 Å². The predicted molar refractivity (Wildman–Crippen MR) is 71.2 cm³/mol. The number of ether oxygens (including phenoxy) is 2. The molecule has 0 radical (unpaired) electrons. The molecule has 104 valence electrons. The molecular formula is C10H20N4O3S. The molecule has 1 rings (SSSR count). The lowest BCUT2D eigenvalue weighted by atomic mass is 10.3. The van der Waals surface area contributed by atoms with Gasteiger partial charge in [0.1, 0.15) is 27.5 Å². The molecule has 0 aromatic heterocycles. The highest BCUT2D eigenvalue weighted by molar-refractivity contribution is 7.96. The van der Waals surface area contributed by atoms with Gasteiger partial charge in [-0.25, -0.2) is 18.7 Å². The Bertz CT molecular complexity index is 452. The average molecular weight is 276 g/mol. The molecule has 0 bridgehead atoms. The fraction of sp³-hybridized carbons (Fsp3) is 0.700. The van der Waals surface area contributed by atoms with Gasteiger partial charge >= 0.3 is 0 Å². The van der Waals surface area contributed by atoms with E-state index in [9.17, 15) is 4.21 Å². The minimum atomic E-state index is -3.03. The highest BCUT2D eigenvalue weighted by Gasteiger charge is 2.24. The SMILES string of the molecule is CCCOC1CN=C(/C(=C\N)S(N)(=O)=NC)OC1. The number of hydrogen-bond donors (Lipinski definition) is 2. The molecular weight excluding hydrogens is 256 g/mol. The first kappa shape index (κ1) is 14.9. The van der Waals surface area contributed by atoms with Crippen molar-refractivity contribution in [2.75, 3.05) is 26.8 Å². The number of nitrogens with two attached hydrogens (primary N) is 2. The molecule has 18 heavy (non-hydrogen) atoms. The highest BCUT2D eigenvalue weighted by Crippen LogP contribution is 2.13. The molecule has 0 spiro atoms. The molecule has 1 heterocycles. The molecule has 0 aromatic carbocycles. The van der Waals surface area contributed by atoms with Crippen LogP contribution in [0, 0.1) is 0 Å². The molecule has 0 aliphatic carbocycles. The zero-order chi connectivity index (χ0) is 13.6. The van der Waals surface area contributed by atoms with E-state index in [2.05, 4.69) is 9.36 Å². The average Bonchev–Trinajstić information content (AvgIpc) is 2.38. The Morgan fingerprint density at radius 1 is 1.78 bits per heavy atom. The normalized spacial score (nSPS) is 23.8. The minimum Gasteiger partial charge on any atom is -0.474 e. The van der Waals surface area contributed by atoms with Crippen LogP contribution in [0.5, 0.6) is 0 Å². The van der Waals surface area contributed by atoms with Gasteiger partial charge < -0.3 is 15.2 Å². The van der Waals surface area contributed by atoms with E-state index in [0.717, 1.165) is 12.6 Å². The van der Waals surface area contributed by atoms with Crippen LogP contribution in [0.3, 0.4) is 0 Å². The monoisotopic (exact) mass is 276 g/mol. The van der Waals surface area contributed by atoms with Gasteiger partial charge in [0.25, 0.3) is 0 Å². The van der Waals surface area contributed by atoms with Crippen LogP contribution in [0.15, 0.2) is 20.5 Å². The van der Waals surface area contributed by atoms with Gasteiger partial charge in [-0.2, -0.15) is 0 Å². The van der Waals surface area contributed by atoms with E-state index in [-0.39, 0.29) is 16.9 Å². The quantitative estimate of drug-likeness (QED) is 0.734. The largest absolute Gasteiger partial charge is 0.474 e. The third-order valence-electron chi connectivity index (χ3n) is 2.35. The molecule has 8 heteroatoms. The summed E-state index contributed by atoms with van der Waals surface area (Å²) in [6, 6.07) is 0. The van der Waals surface area contributed by atoms with Crippen molar-refractivity contribution in [1.82, 2.24) is 0 Å². The second kappa shape index (κ2) is 6.72. The lowest BCUT2D eigenvalue weighted by Crippen LogP contribution is -2.34. The van der Waals surface area contributed by atoms with E-state index in [0.29, 0.717) is 19.8 Å². The fourth-order valence-corrected chi connectivity index (χ4v) is 2.15. The lowest BCUT2D eigenvalue weighted by Gasteiger charge is -2.23. The van der Waals surface area contributed by atoms with Crippen LogP contribution >= 0.6 is 0 Å². The summed E-state index contributed by atoms with van der Waals surface area (Å²) in [5.74, 6) is 0.187. The molecule has 2 atom stereocenters. The standard InChI is InChI=1S/C10H20N4O3S/c1-3-4-16-8-6-14-10(17-7-8)9(5-11)18(12,15)13-2/h5,8H,3-4,6-7,11H2,1-2H3,(H2,12,13,15)/b9-5+. The molecule has 0 saturated carbocycles. The summed E-state index contributed by atoms with van der Waals surface area (Å²) in [7, 11) is -1.67. The lowest BCUT2D eigenvalue weighted by molar-refractivity contribution is 0.0156. The Kier molecular flexibility index (Phi) is 5.57. The minimum absolute atomic E-state index is 0.0832. The summed E-state index contributed by atoms with van der Waals surface area (Å²) >= 11 is 0. The predicted octanol–water partition coefficient (Wildman–Crippen LogP) is -0.0181. The Balaban J connectivity index is 2.76. The van der Waals surface area contributed by atoms with E-state index in [1.165, 1.54) is 7.05 Å². The Morgan fingerprint density at radius 3 is 2.94 bits per heavy atom. The Morgan fingerprint density at radius 2 is 2.50 bits per heavy atom. The van der Waals surface area contributed by atoms with Crippen molar-refractivity contribution in [3.05, 3.63) is 11.1 Å². The first-order chi connectivity index (χ1) is 8.55. The number of aliphatic imine (C=N–C) groups is 1. The first-order valence-corrected chi connectivity index (χ1v) is 7.27. The summed E-state index contributed by atoms with van der Waals surface area (Å²) < 4.78 is 26.4. The first-order valence-electron chi connectivity index (χ1n) is 5.69. The van der Waals surface area contributed by atoms with E-state index < -0.39 is 9.92 Å². The van der Waals surface area contributed by atoms with Crippen LogP contribution in [0.25, 0.3) is 0 Å². The van der Waals surface area contributed by atoms with Crippen LogP contribution in [0.4, 0.5) is 0 Å². The second-order valence-electron chi connectivity index (χ2n) is 3.73. The fourth-order valence-electron chi connectivity index (χ4n) is 1.38. The molecule has 0 amide bonds. The summed E-state index contributed by atoms with van der Waals surface area (Å²) in [6.07, 6.45) is 1.98. The molecule has 1 aliphatic heterocycles. The van der Waals surface area contributed by atoms with Crippen molar-refractivity contribution in [1.29, 1.82) is 0 Å². The molecule has 2 unspecified atom stereocenters. The Labute approximate surface area is 108 Å². The zero-order valence-electron chi connectivity index (χ0n) is 10.7. The van der Waals surface area contributed by atoms with Gasteiger partial charge in [0, 0.05) is 19.9 Å². The van der Waals surface area contributed by atoms with Crippen molar-refractivity contribution in [2.24, 2.45) is 20.2 Å². The molecule has 0 aromatic rings. The molecule has 0 fully saturated rings. The molecule has 0 saturated heterocycles. The van der Waals surface area contributed by atoms with Crippen molar-refractivity contribution in [3.8, 4) is 0 Å². The smallest absolute Gasteiger partial charge is 0.229 e. The van der Waals surface area contributed by atoms with Crippen LogP contribution < -0.4 is 10.9 Å². The van der Waals surface area contributed by atoms with Gasteiger partial charge in [-0.05, 0) is 6.42 Å². The van der Waals surface area contributed by atoms with E-state index in [4.69, 9.17) is 20.3 Å². The molecule has 7 nitrogen and oxygen atoms in total. The van der Waals surface area contributed by atoms with Gasteiger partial charge in [0.05, 0.1) is 6.54 Å². The molecule has 1 aliphatic rings. The van der Waals surface area contributed by atoms with Crippen molar-refractivity contribution < 1.29 is 13.7 Å². The number of rotatable bonds is 5. The third kappa shape index (κ3) is 3.69. The van der Waals surface area contributed by atoms with E-state index in [1.54, 1.807) is 0 Å². The van der Waals surface area contributed by atoms with Gasteiger partial charge in [-0.1, -0.05) is 6.92 Å². The topological polar surface area (TPSA) is 112 Å². The summed E-state index contributed by atoms with van der Waals surface area (Å²) in [5, 5.41) is 5.54. The number of nitrogens with zero attached hydrogens (tertiary/aromatic N) is 2. The van der Waals surface area contributed by atoms with Gasteiger partial charge in [-0.15, -0.1) is 0 Å². The summed E-state index contributed by atoms with van der Waals surface area (Å²) in [4.78, 5) is 4.28. The summed E-state index contributed by atoms with van der Waals surface area (Å²) in [5.41, 5.74) is 5.41. The maximum atomic E-state index is 11.9. The Hall–Kier alpha value is -1.12. The highest BCUT2D eigenvalue weighted by atomic mass is 32.2. The van der Waals surface area contributed by atoms with Crippen LogP contribution in [-0.4, -0.2) is 43.0 Å². The maximum Gasteiger partial charge on any atom is 0.229 e. The van der Waals surface area contributed by atoms with Gasteiger partial charge in [-0.3, -0.25) is 0 Å². The van der Waals surface area contributed by atoms with Crippen molar-refractivity contribution >= 4 is 15.8 Å². The van der Waals surface area contributed by atoms with Gasteiger partial charge in [0.2, 0.25) is 5.90 Å². The van der Waals surface area contributed by atoms with Crippen molar-refractivity contribution in [2.45, 2.75) is 19.4 Å². The number of hydrogen-bond acceptors (Lipinski definition) is 6. The van der Waals surface area contributed by atoms with Crippen LogP contribution in [0.1, 0.15) is 13.3 Å². The summed E-state index contributed by atoms with van der Waals surface area (Å²) in [6.45, 7) is 3.47. The second-order valence-corrected chi connectivity index (χ2v) is 5.67. The van der Waals surface area contributed by atoms with Crippen LogP contribution in [0.2, 0.25) is 0 Å². The van der Waals surface area contributed by atoms with Gasteiger partial charge in [0.15, 0.2) is 0 Å². The molecule has 4 N–H and O–H groups in total. The van der Waals surface area contributed by atoms with Crippen molar-refractivity contribution in [3.63, 3.8) is 0 Å². The van der Waals surface area contributed by atoms with E-state index >= 15 is 0 Å². The third-order valence-corrected chi connectivity index (χ3v) is 3.83. The maximum absolute atomic E-state index is 11.9.